The third-order valence-electron chi connectivity index (χ3n) is 3.23. The molecule has 0 amide bonds. The zero-order valence-corrected chi connectivity index (χ0v) is 11.2. The maximum atomic E-state index is 13.0. The smallest absolute Gasteiger partial charge is 0.142 e. The molecule has 1 aromatic carbocycles. The molecule has 0 radical (unpaired) electrons. The quantitative estimate of drug-likeness (QED) is 0.843. The summed E-state index contributed by atoms with van der Waals surface area (Å²) in [5.74, 6) is 0.230. The molecule has 2 bridgehead atoms. The Labute approximate surface area is 117 Å². The van der Waals surface area contributed by atoms with Gasteiger partial charge < -0.3 is 10.1 Å². The lowest BCUT2D eigenvalue weighted by Gasteiger charge is -2.29. The maximum Gasteiger partial charge on any atom is 0.142 e. The van der Waals surface area contributed by atoms with Gasteiger partial charge in [0.25, 0.3) is 0 Å². The Morgan fingerprint density at radius 3 is 2.50 bits per heavy atom. The second-order valence-electron chi connectivity index (χ2n) is 4.55. The third-order valence-corrected chi connectivity index (χ3v) is 3.52. The van der Waals surface area contributed by atoms with Crippen LogP contribution in [0, 0.1) is 5.82 Å². The number of nitrogens with one attached hydrogen (secondary N) is 1. The Morgan fingerprint density at radius 2 is 1.89 bits per heavy atom. The second-order valence-corrected chi connectivity index (χ2v) is 4.96. The van der Waals surface area contributed by atoms with Crippen LogP contribution in [-0.2, 0) is 0 Å². The Kier molecular flexibility index (Phi) is 4.15. The summed E-state index contributed by atoms with van der Waals surface area (Å²) in [7, 11) is 0. The minimum atomic E-state index is -0.411. The third kappa shape index (κ3) is 2.79. The van der Waals surface area contributed by atoms with Gasteiger partial charge in [0.15, 0.2) is 0 Å². The van der Waals surface area contributed by atoms with E-state index in [0.717, 1.165) is 12.8 Å². The summed E-state index contributed by atoms with van der Waals surface area (Å²) in [5.41, 5.74) is 0. The largest absolute Gasteiger partial charge is 0.490 e. The number of benzene rings is 1. The van der Waals surface area contributed by atoms with Crippen LogP contribution in [0.5, 0.6) is 5.75 Å². The molecule has 2 atom stereocenters. The van der Waals surface area contributed by atoms with Crippen LogP contribution in [0.3, 0.4) is 0 Å². The lowest BCUT2D eigenvalue weighted by molar-refractivity contribution is 0.142. The van der Waals surface area contributed by atoms with Crippen LogP contribution in [0.4, 0.5) is 4.39 Å². The highest BCUT2D eigenvalue weighted by Gasteiger charge is 2.30. The minimum absolute atomic E-state index is 0. The molecule has 18 heavy (non-hydrogen) atoms. The lowest BCUT2D eigenvalue weighted by atomic mass is 10.0. The van der Waals surface area contributed by atoms with Gasteiger partial charge >= 0.3 is 0 Å². The number of ether oxygens (including phenoxy) is 1. The van der Waals surface area contributed by atoms with Crippen molar-refractivity contribution in [1.29, 1.82) is 0 Å². The van der Waals surface area contributed by atoms with Gasteiger partial charge in [-0.15, -0.1) is 12.4 Å². The number of hydrogen-bond donors (Lipinski definition) is 1. The molecule has 2 aliphatic heterocycles. The standard InChI is InChI=1S/C13H13ClFNO.ClH/c14-12-7-10(3-4-13(12)15)17-11-5-8-1-2-9(6-11)16-8;/h1-4,7-9,11,16H,5-6H2;1H. The van der Waals surface area contributed by atoms with E-state index in [1.165, 1.54) is 12.1 Å². The molecule has 0 aliphatic carbocycles. The monoisotopic (exact) mass is 289 g/mol. The Hall–Kier alpha value is -0.770. The van der Waals surface area contributed by atoms with Crippen molar-refractivity contribution in [2.24, 2.45) is 0 Å². The van der Waals surface area contributed by atoms with E-state index in [4.69, 9.17) is 16.3 Å². The van der Waals surface area contributed by atoms with Crippen LogP contribution in [0.2, 0.25) is 5.02 Å². The predicted octanol–water partition coefficient (Wildman–Crippen LogP) is 3.34. The van der Waals surface area contributed by atoms with Crippen molar-refractivity contribution in [3.8, 4) is 5.75 Å². The molecule has 5 heteroatoms. The average Bonchev–Trinajstić information content (AvgIpc) is 2.64. The van der Waals surface area contributed by atoms with E-state index in [-0.39, 0.29) is 23.5 Å². The number of fused-ring (bicyclic) bond motifs is 2. The summed E-state index contributed by atoms with van der Waals surface area (Å²) in [6.07, 6.45) is 6.43. The van der Waals surface area contributed by atoms with Crippen LogP contribution in [0.1, 0.15) is 12.8 Å². The Balaban J connectivity index is 0.00000120. The Morgan fingerprint density at radius 1 is 1.22 bits per heavy atom. The number of halogens is 3. The van der Waals surface area contributed by atoms with Gasteiger partial charge in [0.1, 0.15) is 17.7 Å². The van der Waals surface area contributed by atoms with Crippen molar-refractivity contribution < 1.29 is 9.13 Å². The first-order chi connectivity index (χ1) is 8.20. The predicted molar refractivity (Wildman–Crippen MR) is 72.2 cm³/mol. The second kappa shape index (κ2) is 5.47. The molecular formula is C13H14Cl2FNO. The SMILES string of the molecule is Cl.Fc1ccc(OC2CC3C=CC(C2)N3)cc1Cl. The molecule has 1 aromatic rings. The van der Waals surface area contributed by atoms with Crippen LogP contribution >= 0.6 is 24.0 Å². The zero-order chi connectivity index (χ0) is 11.8. The summed E-state index contributed by atoms with van der Waals surface area (Å²) in [6, 6.07) is 5.32. The summed E-state index contributed by atoms with van der Waals surface area (Å²) in [4.78, 5) is 0. The van der Waals surface area contributed by atoms with Crippen molar-refractivity contribution >= 4 is 24.0 Å². The van der Waals surface area contributed by atoms with Gasteiger partial charge in [0.2, 0.25) is 0 Å². The van der Waals surface area contributed by atoms with Gasteiger partial charge in [-0.2, -0.15) is 0 Å². The van der Waals surface area contributed by atoms with Gasteiger partial charge in [0.05, 0.1) is 5.02 Å². The highest BCUT2D eigenvalue weighted by molar-refractivity contribution is 6.30. The molecule has 2 heterocycles. The molecule has 0 saturated carbocycles. The summed E-state index contributed by atoms with van der Waals surface area (Å²) in [6.45, 7) is 0. The van der Waals surface area contributed by atoms with Crippen LogP contribution < -0.4 is 10.1 Å². The van der Waals surface area contributed by atoms with Gasteiger partial charge in [-0.1, -0.05) is 23.8 Å². The van der Waals surface area contributed by atoms with Crippen LogP contribution in [-0.4, -0.2) is 18.2 Å². The van der Waals surface area contributed by atoms with E-state index in [0.29, 0.717) is 17.8 Å². The van der Waals surface area contributed by atoms with E-state index < -0.39 is 5.82 Å². The number of hydrogen-bond acceptors (Lipinski definition) is 2. The molecule has 1 saturated heterocycles. The first-order valence-corrected chi connectivity index (χ1v) is 6.14. The number of rotatable bonds is 2. The highest BCUT2D eigenvalue weighted by atomic mass is 35.5. The van der Waals surface area contributed by atoms with Gasteiger partial charge in [-0.25, -0.2) is 4.39 Å². The lowest BCUT2D eigenvalue weighted by Crippen LogP contribution is -2.43. The van der Waals surface area contributed by atoms with Crippen molar-refractivity contribution in [3.63, 3.8) is 0 Å². The van der Waals surface area contributed by atoms with Gasteiger partial charge in [-0.3, -0.25) is 0 Å². The molecule has 0 spiro atoms. The average molecular weight is 290 g/mol. The van der Waals surface area contributed by atoms with E-state index in [2.05, 4.69) is 17.5 Å². The summed E-state index contributed by atoms with van der Waals surface area (Å²) < 4.78 is 18.8. The van der Waals surface area contributed by atoms with Crippen LogP contribution in [0.15, 0.2) is 30.4 Å². The molecule has 2 unspecified atom stereocenters. The molecule has 98 valence electrons. The van der Waals surface area contributed by atoms with E-state index in [1.807, 2.05) is 0 Å². The first-order valence-electron chi connectivity index (χ1n) is 5.77. The molecule has 3 rings (SSSR count). The molecular weight excluding hydrogens is 276 g/mol. The summed E-state index contributed by atoms with van der Waals surface area (Å²) in [5, 5.41) is 3.56. The fourth-order valence-electron chi connectivity index (χ4n) is 2.45. The Bertz CT molecular complexity index is 452. The normalized spacial score (nSPS) is 28.9. The molecule has 1 fully saturated rings. The molecule has 2 aliphatic rings. The van der Waals surface area contributed by atoms with Crippen molar-refractivity contribution in [3.05, 3.63) is 41.2 Å². The van der Waals surface area contributed by atoms with Gasteiger partial charge in [-0.05, 0) is 12.1 Å². The maximum absolute atomic E-state index is 13.0. The molecule has 2 nitrogen and oxygen atoms in total. The van der Waals surface area contributed by atoms with Crippen LogP contribution in [0.25, 0.3) is 0 Å². The van der Waals surface area contributed by atoms with Crippen molar-refractivity contribution in [2.75, 3.05) is 0 Å². The zero-order valence-electron chi connectivity index (χ0n) is 9.61. The van der Waals surface area contributed by atoms with Crippen molar-refractivity contribution in [2.45, 2.75) is 31.0 Å². The van der Waals surface area contributed by atoms with E-state index in [9.17, 15) is 4.39 Å². The van der Waals surface area contributed by atoms with Gasteiger partial charge in [0, 0.05) is 31.0 Å². The summed E-state index contributed by atoms with van der Waals surface area (Å²) >= 11 is 5.72. The first kappa shape index (κ1) is 13.7. The van der Waals surface area contributed by atoms with Crippen molar-refractivity contribution in [1.82, 2.24) is 5.32 Å². The fraction of sp³-hybridized carbons (Fsp3) is 0.385. The highest BCUT2D eigenvalue weighted by Crippen LogP contribution is 2.27. The topological polar surface area (TPSA) is 21.3 Å². The van der Waals surface area contributed by atoms with E-state index in [1.54, 1.807) is 6.07 Å². The fourth-order valence-corrected chi connectivity index (χ4v) is 2.62. The molecule has 1 N–H and O–H groups in total. The molecule has 0 aromatic heterocycles. The van der Waals surface area contributed by atoms with E-state index >= 15 is 0 Å². The minimum Gasteiger partial charge on any atom is -0.490 e. The number of piperidine rings is 1.